The van der Waals surface area contributed by atoms with Crippen LogP contribution in [0.2, 0.25) is 17.7 Å². The molecule has 0 heterocycles. The van der Waals surface area contributed by atoms with Gasteiger partial charge in [-0.25, -0.2) is 0 Å². The molecule has 4 aromatic carbocycles. The SMILES string of the molecule is C[CH2][Hf]([CH3])([CH3])(=[SiH2])([CH2]C)([CH]1C=Cc2c(-c3ccc(Br)cc3)cccc21)[CH]1C=Cc2c(-c3ccc(Br)cc3)cccc21. The fourth-order valence-electron chi connectivity index (χ4n) is 8.12. The summed E-state index contributed by atoms with van der Waals surface area (Å²) < 4.78 is 11.2. The predicted octanol–water partition coefficient (Wildman–Crippen LogP) is 11.7. The summed E-state index contributed by atoms with van der Waals surface area (Å²) in [5, 5.41) is 0. The van der Waals surface area contributed by atoms with E-state index in [0.717, 1.165) is 8.95 Å². The first-order chi connectivity index (χ1) is 18.9. The molecule has 2 aliphatic rings. The van der Waals surface area contributed by atoms with E-state index in [1.807, 2.05) is 0 Å². The third-order valence-corrected chi connectivity index (χ3v) is 76.6. The van der Waals surface area contributed by atoms with Crippen molar-refractivity contribution < 1.29 is 14.2 Å². The third kappa shape index (κ3) is 3.88. The fourth-order valence-corrected chi connectivity index (χ4v) is 43.5. The number of hydrogen-bond acceptors (Lipinski definition) is 0. The van der Waals surface area contributed by atoms with E-state index in [4.69, 9.17) is 0 Å². The summed E-state index contributed by atoms with van der Waals surface area (Å²) in [7, 11) is 0. The topological polar surface area (TPSA) is 0 Å². The molecule has 0 aliphatic heterocycles. The van der Waals surface area contributed by atoms with Gasteiger partial charge in [0, 0.05) is 0 Å². The Morgan fingerprint density at radius 1 is 0.600 bits per heavy atom. The summed E-state index contributed by atoms with van der Waals surface area (Å²) in [4.78, 5) is 0. The van der Waals surface area contributed by atoms with Crippen molar-refractivity contribution in [3.63, 3.8) is 0 Å². The molecule has 0 nitrogen and oxygen atoms in total. The zero-order chi connectivity index (χ0) is 28.4. The summed E-state index contributed by atoms with van der Waals surface area (Å²) >= 11 is 2.37. The van der Waals surface area contributed by atoms with Crippen LogP contribution < -0.4 is 0 Å². The molecular formula is C36H38Br2HfSi. The van der Waals surface area contributed by atoms with Gasteiger partial charge in [0.05, 0.1) is 0 Å². The van der Waals surface area contributed by atoms with Crippen LogP contribution in [0.3, 0.4) is 0 Å². The van der Waals surface area contributed by atoms with Gasteiger partial charge < -0.3 is 0 Å². The van der Waals surface area contributed by atoms with E-state index in [1.54, 1.807) is 0 Å². The Labute approximate surface area is 252 Å². The summed E-state index contributed by atoms with van der Waals surface area (Å²) in [6.07, 6.45) is 10.1. The molecule has 0 N–H and O–H groups in total. The summed E-state index contributed by atoms with van der Waals surface area (Å²) in [5.41, 5.74) is 11.1. The van der Waals surface area contributed by atoms with Gasteiger partial charge in [0.1, 0.15) is 0 Å². The van der Waals surface area contributed by atoms with Crippen LogP contribution in [0.5, 0.6) is 0 Å². The van der Waals surface area contributed by atoms with E-state index in [1.165, 1.54) is 52.9 Å². The predicted molar refractivity (Wildman–Crippen MR) is 184 cm³/mol. The quantitative estimate of drug-likeness (QED) is 0.170. The van der Waals surface area contributed by atoms with E-state index in [-0.39, 0.29) is 0 Å². The molecule has 6 rings (SSSR count). The monoisotopic (exact) mass is 836 g/mol. The molecule has 40 heavy (non-hydrogen) atoms. The summed E-state index contributed by atoms with van der Waals surface area (Å²) in [5.74, 6) is 0. The van der Waals surface area contributed by atoms with Crippen molar-refractivity contribution in [2.45, 2.75) is 38.9 Å². The van der Waals surface area contributed by atoms with Gasteiger partial charge in [0.25, 0.3) is 0 Å². The zero-order valence-electron chi connectivity index (χ0n) is 23.9. The van der Waals surface area contributed by atoms with Crippen molar-refractivity contribution in [1.82, 2.24) is 0 Å². The van der Waals surface area contributed by atoms with Crippen LogP contribution in [-0.4, -0.2) is 6.94 Å². The van der Waals surface area contributed by atoms with Crippen LogP contribution in [0.1, 0.15) is 43.5 Å². The summed E-state index contributed by atoms with van der Waals surface area (Å²) in [6.45, 7) is 7.50. The van der Waals surface area contributed by atoms with Crippen LogP contribution in [0.4, 0.5) is 0 Å². The first-order valence-corrected chi connectivity index (χ1v) is 40.9. The average molecular weight is 837 g/mol. The average Bonchev–Trinajstić information content (AvgIpc) is 3.62. The van der Waals surface area contributed by atoms with Crippen molar-refractivity contribution in [3.8, 4) is 22.3 Å². The van der Waals surface area contributed by atoms with Crippen LogP contribution in [0.25, 0.3) is 34.4 Å². The molecule has 2 aliphatic carbocycles. The number of halogens is 2. The standard InChI is InChI=1S/2C15H10Br.2C2H5.2CH3.Hf.H2Si/c2*16-13-9-7-12(8-10-13)15-6-2-4-11-3-1-5-14(11)15;2*1-2;;;;/h2*1-10H;2*1H2,2H3;2*1H3;;1H2. The number of benzene rings is 4. The van der Waals surface area contributed by atoms with Crippen LogP contribution in [0.15, 0.2) is 106 Å². The minimum atomic E-state index is -4.86. The van der Waals surface area contributed by atoms with Gasteiger partial charge in [-0.1, -0.05) is 0 Å². The van der Waals surface area contributed by atoms with Gasteiger partial charge in [0.15, 0.2) is 0 Å². The molecule has 4 heteroatoms. The number of rotatable bonds is 6. The molecule has 4 aromatic rings. The van der Waals surface area contributed by atoms with Crippen LogP contribution in [0, 0.1) is 0 Å². The van der Waals surface area contributed by atoms with Gasteiger partial charge in [-0.3, -0.25) is 0 Å². The first-order valence-electron chi connectivity index (χ1n) is 14.5. The molecule has 0 aromatic heterocycles. The van der Waals surface area contributed by atoms with Crippen molar-refractivity contribution in [2.75, 3.05) is 0 Å². The van der Waals surface area contributed by atoms with Gasteiger partial charge in [-0.05, 0) is 0 Å². The molecule has 0 spiro atoms. The molecule has 0 amide bonds. The molecule has 0 radical (unpaired) electrons. The Balaban J connectivity index is 1.57. The maximum absolute atomic E-state index is 4.86. The van der Waals surface area contributed by atoms with Crippen LogP contribution >= 0.6 is 31.9 Å². The molecule has 0 fully saturated rings. The molecule has 204 valence electrons. The molecule has 0 bridgehead atoms. The van der Waals surface area contributed by atoms with Crippen molar-refractivity contribution in [2.24, 2.45) is 0 Å². The summed E-state index contributed by atoms with van der Waals surface area (Å²) in [6, 6.07) is 31.6. The van der Waals surface area contributed by atoms with E-state index >= 15 is 0 Å². The Hall–Kier alpha value is -1.59. The molecule has 2 atom stereocenters. The van der Waals surface area contributed by atoms with Crippen molar-refractivity contribution in [3.05, 3.63) is 128 Å². The molecule has 0 saturated carbocycles. The Morgan fingerprint density at radius 2 is 0.975 bits per heavy atom. The normalized spacial score (nSPS) is 20.3. The Kier molecular flexibility index (Phi) is 6.22. The van der Waals surface area contributed by atoms with Gasteiger partial charge in [-0.2, -0.15) is 0 Å². The van der Waals surface area contributed by atoms with E-state index in [9.17, 15) is 0 Å². The third-order valence-electron chi connectivity index (χ3n) is 12.3. The van der Waals surface area contributed by atoms with Gasteiger partial charge >= 0.3 is 255 Å². The second-order valence-corrected chi connectivity index (χ2v) is 95.3. The second-order valence-electron chi connectivity index (χ2n) is 14.9. The second kappa shape index (κ2) is 8.72. The fraction of sp³-hybridized carbons (Fsp3) is 0.222. The number of hydrogen-bond donors (Lipinski definition) is 0. The number of fused-ring (bicyclic) bond motifs is 2. The Bertz CT molecular complexity index is 1730. The maximum atomic E-state index is 3.62. The zero-order valence-corrected chi connectivity index (χ0v) is 32.1. The van der Waals surface area contributed by atoms with Crippen molar-refractivity contribution in [1.29, 1.82) is 0 Å². The van der Waals surface area contributed by atoms with E-state index in [0.29, 0.717) is 7.35 Å². The number of allylic oxidation sites excluding steroid dienone is 2. The Morgan fingerprint density at radius 3 is 1.32 bits per heavy atom. The van der Waals surface area contributed by atoms with Gasteiger partial charge in [0.2, 0.25) is 0 Å². The van der Waals surface area contributed by atoms with Gasteiger partial charge in [-0.15, -0.1) is 0 Å². The minimum absolute atomic E-state index is 0.431. The molecule has 0 saturated heterocycles. The molecular weight excluding hydrogens is 799 g/mol. The molecule has 2 unspecified atom stereocenters. The van der Waals surface area contributed by atoms with Crippen molar-refractivity contribution >= 4 is 51.0 Å². The van der Waals surface area contributed by atoms with E-state index in [2.05, 4.69) is 171 Å². The first kappa shape index (κ1) is 28.5. The van der Waals surface area contributed by atoms with Crippen LogP contribution in [-0.2, 0) is 14.2 Å². The van der Waals surface area contributed by atoms with E-state index < -0.39 is 14.2 Å².